The topological polar surface area (TPSA) is 43.2 Å². The van der Waals surface area contributed by atoms with Crippen molar-refractivity contribution >= 4 is 11.8 Å². The molecule has 7 aromatic carbocycles. The second-order valence-electron chi connectivity index (χ2n) is 13.5. The smallest absolute Gasteiger partial charge is 0.217 e. The van der Waals surface area contributed by atoms with Gasteiger partial charge in [-0.05, 0) is 51.1 Å². The monoisotopic (exact) mass is 686 g/mol. The maximum atomic E-state index is 6.92. The molecule has 2 aliphatic rings. The van der Waals surface area contributed by atoms with Crippen LogP contribution in [-0.2, 0) is 9.47 Å². The summed E-state index contributed by atoms with van der Waals surface area (Å²) in [5, 5.41) is 0. The van der Waals surface area contributed by atoms with Crippen LogP contribution in [0.1, 0.15) is 80.3 Å². The van der Waals surface area contributed by atoms with E-state index in [2.05, 4.69) is 176 Å². The van der Waals surface area contributed by atoms with Gasteiger partial charge in [0.05, 0.1) is 0 Å². The van der Waals surface area contributed by atoms with Gasteiger partial charge < -0.3 is 9.47 Å². The summed E-state index contributed by atoms with van der Waals surface area (Å²) >= 11 is 0. The predicted octanol–water partition coefficient (Wildman–Crippen LogP) is 11.4. The minimum Gasteiger partial charge on any atom is -0.467 e. The Morgan fingerprint density at radius 1 is 0.340 bits per heavy atom. The third kappa shape index (κ3) is 6.45. The first-order valence-electron chi connectivity index (χ1n) is 18.2. The minimum atomic E-state index is -0.254. The molecule has 0 unspecified atom stereocenters. The Labute approximate surface area is 310 Å². The fourth-order valence-electron chi connectivity index (χ4n) is 7.73. The third-order valence-corrected chi connectivity index (χ3v) is 10.2. The fourth-order valence-corrected chi connectivity index (χ4v) is 7.73. The Balaban J connectivity index is 1.17. The number of hydrogen-bond donors (Lipinski definition) is 0. The summed E-state index contributed by atoms with van der Waals surface area (Å²) in [5.41, 5.74) is 9.73. The van der Waals surface area contributed by atoms with Crippen molar-refractivity contribution < 1.29 is 9.47 Å². The highest BCUT2D eigenvalue weighted by Gasteiger charge is 2.38. The van der Waals surface area contributed by atoms with Crippen LogP contribution in [0.5, 0.6) is 0 Å². The number of aliphatic imine (C=N–C) groups is 2. The van der Waals surface area contributed by atoms with Crippen molar-refractivity contribution in [3.05, 3.63) is 250 Å². The van der Waals surface area contributed by atoms with Gasteiger partial charge in [-0.15, -0.1) is 0 Å². The van der Waals surface area contributed by atoms with E-state index in [9.17, 15) is 0 Å². The Hall–Kier alpha value is -6.52. The standard InChI is InChI=1S/C49H38N2O2/c1-6-20-34(21-7-1)43(39-30-16-18-32-41(39)48-50-44(35-22-8-2-9-23-35)46(52-48)37-26-12-4-13-27-37)40-31-17-19-33-42(40)49-51-45(36-24-10-3-11-25-36)47(53-49)38-28-14-5-15-29-38/h1-33,43-47H/t44-,45-,46+,47+/m0/s1. The molecule has 0 amide bonds. The molecule has 7 aromatic rings. The molecule has 9 rings (SSSR count). The second kappa shape index (κ2) is 14.6. The zero-order valence-electron chi connectivity index (χ0n) is 29.2. The largest absolute Gasteiger partial charge is 0.467 e. The number of ether oxygens (including phenoxy) is 2. The number of benzene rings is 7. The highest BCUT2D eigenvalue weighted by Crippen LogP contribution is 2.45. The van der Waals surface area contributed by atoms with E-state index in [4.69, 9.17) is 19.5 Å². The molecule has 0 saturated carbocycles. The molecule has 4 nitrogen and oxygen atoms in total. The minimum absolute atomic E-state index is 0.168. The van der Waals surface area contributed by atoms with Crippen molar-refractivity contribution in [1.82, 2.24) is 0 Å². The van der Waals surface area contributed by atoms with Crippen molar-refractivity contribution in [1.29, 1.82) is 0 Å². The van der Waals surface area contributed by atoms with E-state index in [1.54, 1.807) is 0 Å². The molecule has 0 N–H and O–H groups in total. The van der Waals surface area contributed by atoms with Crippen LogP contribution >= 0.6 is 0 Å². The summed E-state index contributed by atoms with van der Waals surface area (Å²) in [6, 6.07) is 69.1. The van der Waals surface area contributed by atoms with E-state index in [0.717, 1.165) is 50.1 Å². The van der Waals surface area contributed by atoms with Crippen LogP contribution in [-0.4, -0.2) is 11.8 Å². The Kier molecular flexibility index (Phi) is 8.93. The molecule has 0 bridgehead atoms. The summed E-state index contributed by atoms with van der Waals surface area (Å²) < 4.78 is 13.8. The zero-order valence-corrected chi connectivity index (χ0v) is 29.2. The lowest BCUT2D eigenvalue weighted by atomic mass is 9.80. The highest BCUT2D eigenvalue weighted by molar-refractivity contribution is 5.99. The molecule has 4 heteroatoms. The average Bonchev–Trinajstić information content (AvgIpc) is 3.90. The van der Waals surface area contributed by atoms with Crippen LogP contribution in [0.3, 0.4) is 0 Å². The van der Waals surface area contributed by atoms with Gasteiger partial charge in [-0.2, -0.15) is 0 Å². The van der Waals surface area contributed by atoms with Crippen LogP contribution in [0.2, 0.25) is 0 Å². The Morgan fingerprint density at radius 3 is 1.06 bits per heavy atom. The molecule has 0 radical (unpaired) electrons. The molecule has 0 aromatic heterocycles. The van der Waals surface area contributed by atoms with Crippen molar-refractivity contribution in [2.45, 2.75) is 30.2 Å². The molecular formula is C49H38N2O2. The van der Waals surface area contributed by atoms with E-state index in [1.807, 2.05) is 24.3 Å². The molecule has 0 fully saturated rings. The van der Waals surface area contributed by atoms with Gasteiger partial charge in [-0.1, -0.05) is 188 Å². The van der Waals surface area contributed by atoms with Gasteiger partial charge in [0.1, 0.15) is 12.1 Å². The van der Waals surface area contributed by atoms with E-state index < -0.39 is 0 Å². The van der Waals surface area contributed by atoms with Crippen molar-refractivity contribution in [3.63, 3.8) is 0 Å². The molecule has 53 heavy (non-hydrogen) atoms. The number of rotatable bonds is 9. The number of hydrogen-bond acceptors (Lipinski definition) is 4. The van der Waals surface area contributed by atoms with Crippen LogP contribution in [0.4, 0.5) is 0 Å². The van der Waals surface area contributed by atoms with E-state index in [1.165, 1.54) is 0 Å². The summed E-state index contributed by atoms with van der Waals surface area (Å²) in [5.74, 6) is 1.12. The molecule has 0 saturated heterocycles. The van der Waals surface area contributed by atoms with Gasteiger partial charge in [0.2, 0.25) is 11.8 Å². The van der Waals surface area contributed by atoms with Gasteiger partial charge in [0, 0.05) is 17.0 Å². The van der Waals surface area contributed by atoms with Crippen molar-refractivity contribution in [2.24, 2.45) is 9.98 Å². The van der Waals surface area contributed by atoms with Crippen LogP contribution in [0, 0.1) is 0 Å². The molecule has 256 valence electrons. The molecular weight excluding hydrogens is 649 g/mol. The maximum absolute atomic E-state index is 6.92. The molecule has 0 spiro atoms. The van der Waals surface area contributed by atoms with E-state index in [-0.39, 0.29) is 30.2 Å². The Bertz CT molecular complexity index is 2210. The van der Waals surface area contributed by atoms with Gasteiger partial charge in [0.15, 0.2) is 12.2 Å². The van der Waals surface area contributed by atoms with Crippen LogP contribution in [0.25, 0.3) is 0 Å². The first-order valence-corrected chi connectivity index (χ1v) is 18.2. The van der Waals surface area contributed by atoms with Crippen LogP contribution in [0.15, 0.2) is 210 Å². The lowest BCUT2D eigenvalue weighted by Gasteiger charge is -2.25. The van der Waals surface area contributed by atoms with Gasteiger partial charge >= 0.3 is 0 Å². The second-order valence-corrected chi connectivity index (χ2v) is 13.5. The molecule has 2 aliphatic heterocycles. The highest BCUT2D eigenvalue weighted by atomic mass is 16.5. The molecule has 0 aliphatic carbocycles. The first kappa shape index (κ1) is 32.4. The average molecular weight is 687 g/mol. The van der Waals surface area contributed by atoms with Crippen molar-refractivity contribution in [3.8, 4) is 0 Å². The SMILES string of the molecule is c1ccc(C(c2ccccc2C2=N[C@@H](c3ccccc3)[C@@H](c3ccccc3)O2)c2ccccc2C2=N[C@@H](c3ccccc3)[C@@H](c3ccccc3)O2)cc1. The summed E-state index contributed by atoms with van der Waals surface area (Å²) in [7, 11) is 0. The first-order chi connectivity index (χ1) is 26.3. The normalized spacial score (nSPS) is 19.3. The quantitative estimate of drug-likeness (QED) is 0.142. The van der Waals surface area contributed by atoms with Crippen molar-refractivity contribution in [2.75, 3.05) is 0 Å². The predicted molar refractivity (Wildman–Crippen MR) is 212 cm³/mol. The Morgan fingerprint density at radius 2 is 0.660 bits per heavy atom. The number of nitrogens with zero attached hydrogens (tertiary/aromatic N) is 2. The van der Waals surface area contributed by atoms with Gasteiger partial charge in [-0.3, -0.25) is 0 Å². The summed E-state index contributed by atoms with van der Waals surface area (Å²) in [4.78, 5) is 10.7. The lowest BCUT2D eigenvalue weighted by Crippen LogP contribution is -2.16. The van der Waals surface area contributed by atoms with E-state index >= 15 is 0 Å². The van der Waals surface area contributed by atoms with Crippen LogP contribution < -0.4 is 0 Å². The van der Waals surface area contributed by atoms with E-state index in [0.29, 0.717) is 11.8 Å². The molecule has 2 heterocycles. The van der Waals surface area contributed by atoms with Gasteiger partial charge in [0.25, 0.3) is 0 Å². The summed E-state index contributed by atoms with van der Waals surface area (Å²) in [6.45, 7) is 0. The molecule has 4 atom stereocenters. The zero-order chi connectivity index (χ0) is 35.4. The third-order valence-electron chi connectivity index (χ3n) is 10.2. The maximum Gasteiger partial charge on any atom is 0.217 e. The lowest BCUT2D eigenvalue weighted by molar-refractivity contribution is 0.197. The summed E-state index contributed by atoms with van der Waals surface area (Å²) in [6.07, 6.45) is -0.509. The fraction of sp³-hybridized carbons (Fsp3) is 0.102. The van der Waals surface area contributed by atoms with Gasteiger partial charge in [-0.25, -0.2) is 9.98 Å².